The molecule has 0 unspecified atom stereocenters. The number of rotatable bonds is 6. The number of hydrogen-bond acceptors (Lipinski definition) is 5. The van der Waals surface area contributed by atoms with Crippen LogP contribution in [0, 0.1) is 5.82 Å². The van der Waals surface area contributed by atoms with Gasteiger partial charge in [0.15, 0.2) is 11.5 Å². The monoisotopic (exact) mass is 332 g/mol. The van der Waals surface area contributed by atoms with Crippen LogP contribution in [-0.2, 0) is 0 Å². The number of hydrazone groups is 1. The molecule has 126 valence electrons. The quantitative estimate of drug-likeness (QED) is 0.652. The van der Waals surface area contributed by atoms with Crippen LogP contribution in [-0.4, -0.2) is 33.5 Å². The van der Waals surface area contributed by atoms with E-state index in [1.807, 2.05) is 0 Å². The fraction of sp³-hybridized carbons (Fsp3) is 0.176. The van der Waals surface area contributed by atoms with Crippen molar-refractivity contribution in [2.24, 2.45) is 5.10 Å². The third-order valence-corrected chi connectivity index (χ3v) is 3.16. The Morgan fingerprint density at radius 2 is 1.75 bits per heavy atom. The zero-order valence-electron chi connectivity index (χ0n) is 13.5. The molecule has 24 heavy (non-hydrogen) atoms. The van der Waals surface area contributed by atoms with Crippen LogP contribution in [0.1, 0.15) is 15.9 Å². The van der Waals surface area contributed by atoms with Gasteiger partial charge in [-0.05, 0) is 29.8 Å². The van der Waals surface area contributed by atoms with Gasteiger partial charge in [-0.25, -0.2) is 9.82 Å². The normalized spacial score (nSPS) is 10.5. The first-order chi connectivity index (χ1) is 11.6. The molecule has 0 atom stereocenters. The van der Waals surface area contributed by atoms with Gasteiger partial charge in [-0.2, -0.15) is 5.10 Å². The molecule has 0 bridgehead atoms. The van der Waals surface area contributed by atoms with Crippen molar-refractivity contribution in [2.75, 3.05) is 21.3 Å². The van der Waals surface area contributed by atoms with E-state index >= 15 is 0 Å². The predicted molar refractivity (Wildman–Crippen MR) is 87.6 cm³/mol. The summed E-state index contributed by atoms with van der Waals surface area (Å²) < 4.78 is 28.6. The average Bonchev–Trinajstić information content (AvgIpc) is 2.60. The summed E-state index contributed by atoms with van der Waals surface area (Å²) in [6, 6.07) is 8.86. The number of ether oxygens (including phenoxy) is 3. The lowest BCUT2D eigenvalue weighted by molar-refractivity contribution is 0.0954. The average molecular weight is 332 g/mol. The van der Waals surface area contributed by atoms with E-state index in [2.05, 4.69) is 10.5 Å². The maximum Gasteiger partial charge on any atom is 0.271 e. The highest BCUT2D eigenvalue weighted by Gasteiger charge is 2.16. The maximum atomic E-state index is 13.1. The fourth-order valence-electron chi connectivity index (χ4n) is 2.03. The lowest BCUT2D eigenvalue weighted by Crippen LogP contribution is -2.18. The van der Waals surface area contributed by atoms with Crippen LogP contribution in [0.4, 0.5) is 4.39 Å². The summed E-state index contributed by atoms with van der Waals surface area (Å²) in [4.78, 5) is 12.2. The van der Waals surface area contributed by atoms with Gasteiger partial charge >= 0.3 is 0 Å². The van der Waals surface area contributed by atoms with Crippen LogP contribution in [0.5, 0.6) is 17.2 Å². The van der Waals surface area contributed by atoms with E-state index in [0.29, 0.717) is 22.8 Å². The summed E-state index contributed by atoms with van der Waals surface area (Å²) in [5, 5.41) is 3.81. The van der Waals surface area contributed by atoms with Gasteiger partial charge in [0.05, 0.1) is 27.5 Å². The molecule has 0 spiro atoms. The predicted octanol–water partition coefficient (Wildman–Crippen LogP) is 2.62. The Hall–Kier alpha value is -3.09. The molecule has 0 saturated carbocycles. The summed E-state index contributed by atoms with van der Waals surface area (Å²) in [6.07, 6.45) is 1.35. The third-order valence-electron chi connectivity index (χ3n) is 3.16. The second-order valence-electron chi connectivity index (χ2n) is 4.67. The first-order valence-electron chi connectivity index (χ1n) is 6.98. The number of carbonyl (C=O) groups excluding carboxylic acids is 1. The minimum atomic E-state index is -0.470. The minimum absolute atomic E-state index is 0.279. The summed E-state index contributed by atoms with van der Waals surface area (Å²) in [5.41, 5.74) is 3.17. The lowest BCUT2D eigenvalue weighted by atomic mass is 10.1. The topological polar surface area (TPSA) is 69.2 Å². The Kier molecular flexibility index (Phi) is 5.73. The summed E-state index contributed by atoms with van der Waals surface area (Å²) >= 11 is 0. The van der Waals surface area contributed by atoms with E-state index < -0.39 is 5.91 Å². The highest BCUT2D eigenvalue weighted by atomic mass is 19.1. The van der Waals surface area contributed by atoms with Gasteiger partial charge in [0.1, 0.15) is 5.82 Å². The Morgan fingerprint density at radius 3 is 2.29 bits per heavy atom. The van der Waals surface area contributed by atoms with Gasteiger partial charge in [0, 0.05) is 5.56 Å². The summed E-state index contributed by atoms with van der Waals surface area (Å²) in [6.45, 7) is 0. The Bertz CT molecular complexity index is 737. The van der Waals surface area contributed by atoms with E-state index in [1.165, 1.54) is 51.8 Å². The van der Waals surface area contributed by atoms with Crippen molar-refractivity contribution < 1.29 is 23.4 Å². The molecular weight excluding hydrogens is 315 g/mol. The van der Waals surface area contributed by atoms with Crippen LogP contribution in [0.15, 0.2) is 41.5 Å². The van der Waals surface area contributed by atoms with E-state index in [0.717, 1.165) is 0 Å². The fourth-order valence-corrected chi connectivity index (χ4v) is 2.03. The summed E-state index contributed by atoms with van der Waals surface area (Å²) in [5.74, 6) is 0.254. The highest BCUT2D eigenvalue weighted by Crippen LogP contribution is 2.38. The van der Waals surface area contributed by atoms with Crippen LogP contribution >= 0.6 is 0 Å². The van der Waals surface area contributed by atoms with Crippen molar-refractivity contribution in [1.29, 1.82) is 0 Å². The molecule has 0 saturated heterocycles. The molecule has 0 aromatic heterocycles. The van der Waals surface area contributed by atoms with Crippen molar-refractivity contribution in [3.8, 4) is 17.2 Å². The van der Waals surface area contributed by atoms with Crippen molar-refractivity contribution in [1.82, 2.24) is 5.43 Å². The molecule has 0 aliphatic rings. The van der Waals surface area contributed by atoms with Crippen molar-refractivity contribution >= 4 is 12.1 Å². The first kappa shape index (κ1) is 17.3. The number of nitrogens with one attached hydrogen (secondary N) is 1. The van der Waals surface area contributed by atoms with Gasteiger partial charge in [-0.3, -0.25) is 4.79 Å². The molecule has 2 rings (SSSR count). The molecule has 2 aromatic carbocycles. The zero-order chi connectivity index (χ0) is 17.5. The number of amides is 1. The van der Waals surface area contributed by atoms with Gasteiger partial charge in [-0.1, -0.05) is 12.1 Å². The van der Waals surface area contributed by atoms with Gasteiger partial charge in [0.2, 0.25) is 5.75 Å². The van der Waals surface area contributed by atoms with Gasteiger partial charge in [0.25, 0.3) is 5.91 Å². The molecule has 0 fully saturated rings. The van der Waals surface area contributed by atoms with Crippen molar-refractivity contribution in [3.63, 3.8) is 0 Å². The van der Waals surface area contributed by atoms with Gasteiger partial charge in [-0.15, -0.1) is 0 Å². The van der Waals surface area contributed by atoms with Crippen LogP contribution in [0.2, 0.25) is 0 Å². The number of halogens is 1. The highest BCUT2D eigenvalue weighted by molar-refractivity contribution is 5.96. The SMILES string of the molecule is COc1cc(C(=O)N/N=C\c2cccc(F)c2)cc(OC)c1OC. The molecule has 0 radical (unpaired) electrons. The van der Waals surface area contributed by atoms with Crippen LogP contribution in [0.25, 0.3) is 0 Å². The summed E-state index contributed by atoms with van der Waals surface area (Å²) in [7, 11) is 4.39. The number of carbonyl (C=O) groups is 1. The smallest absolute Gasteiger partial charge is 0.271 e. The zero-order valence-corrected chi connectivity index (χ0v) is 13.5. The minimum Gasteiger partial charge on any atom is -0.493 e. The number of benzene rings is 2. The van der Waals surface area contributed by atoms with Crippen LogP contribution < -0.4 is 19.6 Å². The van der Waals surface area contributed by atoms with E-state index in [9.17, 15) is 9.18 Å². The van der Waals surface area contributed by atoms with Gasteiger partial charge < -0.3 is 14.2 Å². The molecule has 1 amide bonds. The molecule has 7 heteroatoms. The van der Waals surface area contributed by atoms with Crippen molar-refractivity contribution in [2.45, 2.75) is 0 Å². The molecule has 1 N–H and O–H groups in total. The first-order valence-corrected chi connectivity index (χ1v) is 6.98. The number of nitrogens with zero attached hydrogens (tertiary/aromatic N) is 1. The van der Waals surface area contributed by atoms with Crippen LogP contribution in [0.3, 0.4) is 0 Å². The number of hydrogen-bond donors (Lipinski definition) is 1. The molecule has 2 aromatic rings. The maximum absolute atomic E-state index is 13.1. The second kappa shape index (κ2) is 7.96. The Labute approximate surface area is 138 Å². The van der Waals surface area contributed by atoms with E-state index in [4.69, 9.17) is 14.2 Å². The molecular formula is C17H17FN2O4. The second-order valence-corrected chi connectivity index (χ2v) is 4.67. The largest absolute Gasteiger partial charge is 0.493 e. The van der Waals surface area contributed by atoms with Crippen molar-refractivity contribution in [3.05, 3.63) is 53.3 Å². The molecule has 0 heterocycles. The molecule has 6 nitrogen and oxygen atoms in total. The van der Waals surface area contributed by atoms with E-state index in [-0.39, 0.29) is 11.4 Å². The number of methoxy groups -OCH3 is 3. The lowest BCUT2D eigenvalue weighted by Gasteiger charge is -2.13. The Balaban J connectivity index is 2.17. The molecule has 0 aliphatic carbocycles. The third kappa shape index (κ3) is 4.01. The molecule has 0 aliphatic heterocycles. The Morgan fingerprint density at radius 1 is 1.08 bits per heavy atom. The van der Waals surface area contributed by atoms with E-state index in [1.54, 1.807) is 12.1 Å². The standard InChI is InChI=1S/C17H17FN2O4/c1-22-14-8-12(9-15(23-2)16(14)24-3)17(21)20-19-10-11-5-4-6-13(18)7-11/h4-10H,1-3H3,(H,20,21)/b19-10-.